The van der Waals surface area contributed by atoms with Gasteiger partial charge in [-0.1, -0.05) is 0 Å². The van der Waals surface area contributed by atoms with Crippen molar-refractivity contribution in [1.29, 1.82) is 0 Å². The summed E-state index contributed by atoms with van der Waals surface area (Å²) in [7, 11) is 1.55. The zero-order valence-electron chi connectivity index (χ0n) is 12.9. The molecule has 7 nitrogen and oxygen atoms in total. The van der Waals surface area contributed by atoms with Crippen LogP contribution in [0.2, 0.25) is 0 Å². The van der Waals surface area contributed by atoms with Crippen molar-refractivity contribution >= 4 is 5.91 Å². The standard InChI is InChI=1S/C16H18N4O3/c1-22-14-5-4-12(9-18-14)16(21)20-8-2-3-13(10-20)23-15-6-7-17-11-19-15/h4-7,9,11,13H,2-3,8,10H2,1H3. The Morgan fingerprint density at radius 1 is 1.26 bits per heavy atom. The Balaban J connectivity index is 1.64. The van der Waals surface area contributed by atoms with Crippen LogP contribution in [0, 0.1) is 0 Å². The predicted octanol–water partition coefficient (Wildman–Crippen LogP) is 1.56. The summed E-state index contributed by atoms with van der Waals surface area (Å²) in [5.74, 6) is 0.978. The average molecular weight is 314 g/mol. The van der Waals surface area contributed by atoms with E-state index in [1.165, 1.54) is 12.5 Å². The van der Waals surface area contributed by atoms with Crippen molar-refractivity contribution in [1.82, 2.24) is 19.9 Å². The molecular formula is C16H18N4O3. The summed E-state index contributed by atoms with van der Waals surface area (Å²) in [6, 6.07) is 5.13. The average Bonchev–Trinajstić information content (AvgIpc) is 2.62. The summed E-state index contributed by atoms with van der Waals surface area (Å²) in [6.07, 6.45) is 6.35. The summed E-state index contributed by atoms with van der Waals surface area (Å²) >= 11 is 0. The van der Waals surface area contributed by atoms with Gasteiger partial charge in [0, 0.05) is 31.1 Å². The van der Waals surface area contributed by atoms with Gasteiger partial charge in [-0.3, -0.25) is 4.79 Å². The van der Waals surface area contributed by atoms with E-state index < -0.39 is 0 Å². The summed E-state index contributed by atoms with van der Waals surface area (Å²) in [5, 5.41) is 0. The van der Waals surface area contributed by atoms with Crippen LogP contribution in [0.1, 0.15) is 23.2 Å². The van der Waals surface area contributed by atoms with E-state index in [0.29, 0.717) is 30.4 Å². The molecule has 1 aliphatic heterocycles. The zero-order valence-corrected chi connectivity index (χ0v) is 12.9. The van der Waals surface area contributed by atoms with Crippen LogP contribution in [0.4, 0.5) is 0 Å². The van der Waals surface area contributed by atoms with Crippen LogP contribution < -0.4 is 9.47 Å². The van der Waals surface area contributed by atoms with Gasteiger partial charge in [0.25, 0.3) is 5.91 Å². The van der Waals surface area contributed by atoms with Gasteiger partial charge in [0.2, 0.25) is 11.8 Å². The minimum absolute atomic E-state index is 0.0452. The second-order valence-electron chi connectivity index (χ2n) is 5.27. The van der Waals surface area contributed by atoms with Gasteiger partial charge in [0.1, 0.15) is 12.4 Å². The zero-order chi connectivity index (χ0) is 16.1. The quantitative estimate of drug-likeness (QED) is 0.852. The molecule has 0 saturated carbocycles. The normalized spacial score (nSPS) is 17.6. The molecule has 0 N–H and O–H groups in total. The SMILES string of the molecule is COc1ccc(C(=O)N2CCCC(Oc3ccncn3)C2)cn1. The van der Waals surface area contributed by atoms with Gasteiger partial charge in [-0.25, -0.2) is 15.0 Å². The highest BCUT2D eigenvalue weighted by atomic mass is 16.5. The topological polar surface area (TPSA) is 77.4 Å². The van der Waals surface area contributed by atoms with Crippen LogP contribution in [-0.4, -0.2) is 52.1 Å². The van der Waals surface area contributed by atoms with Crippen molar-refractivity contribution in [2.45, 2.75) is 18.9 Å². The van der Waals surface area contributed by atoms with Gasteiger partial charge >= 0.3 is 0 Å². The Kier molecular flexibility index (Phi) is 4.65. The molecular weight excluding hydrogens is 296 g/mol. The second-order valence-corrected chi connectivity index (χ2v) is 5.27. The van der Waals surface area contributed by atoms with Crippen molar-refractivity contribution in [3.05, 3.63) is 42.5 Å². The van der Waals surface area contributed by atoms with E-state index in [4.69, 9.17) is 9.47 Å². The fourth-order valence-electron chi connectivity index (χ4n) is 2.55. The summed E-state index contributed by atoms with van der Waals surface area (Å²) in [6.45, 7) is 1.25. The molecule has 23 heavy (non-hydrogen) atoms. The molecule has 1 atom stereocenters. The van der Waals surface area contributed by atoms with E-state index in [1.807, 2.05) is 0 Å². The number of ether oxygens (including phenoxy) is 2. The monoisotopic (exact) mass is 314 g/mol. The minimum atomic E-state index is -0.0613. The first kappa shape index (κ1) is 15.2. The Morgan fingerprint density at radius 3 is 2.87 bits per heavy atom. The minimum Gasteiger partial charge on any atom is -0.481 e. The number of pyridine rings is 1. The fourth-order valence-corrected chi connectivity index (χ4v) is 2.55. The highest BCUT2D eigenvalue weighted by Crippen LogP contribution is 2.18. The van der Waals surface area contributed by atoms with Gasteiger partial charge < -0.3 is 14.4 Å². The first-order valence-electron chi connectivity index (χ1n) is 7.48. The molecule has 7 heteroatoms. The number of rotatable bonds is 4. The number of methoxy groups -OCH3 is 1. The molecule has 0 aromatic carbocycles. The largest absolute Gasteiger partial charge is 0.481 e. The lowest BCUT2D eigenvalue weighted by molar-refractivity contribution is 0.0527. The van der Waals surface area contributed by atoms with E-state index in [1.54, 1.807) is 36.4 Å². The number of hydrogen-bond donors (Lipinski definition) is 0. The molecule has 0 radical (unpaired) electrons. The second kappa shape index (κ2) is 7.04. The highest BCUT2D eigenvalue weighted by Gasteiger charge is 2.26. The summed E-state index contributed by atoms with van der Waals surface area (Å²) in [5.41, 5.74) is 0.550. The molecule has 1 saturated heterocycles. The molecule has 3 heterocycles. The molecule has 1 fully saturated rings. The lowest BCUT2D eigenvalue weighted by Crippen LogP contribution is -2.44. The molecule has 1 amide bonds. The lowest BCUT2D eigenvalue weighted by Gasteiger charge is -2.32. The Morgan fingerprint density at radius 2 is 2.17 bits per heavy atom. The van der Waals surface area contributed by atoms with Gasteiger partial charge in [-0.05, 0) is 18.9 Å². The maximum Gasteiger partial charge on any atom is 0.255 e. The van der Waals surface area contributed by atoms with Crippen molar-refractivity contribution in [2.75, 3.05) is 20.2 Å². The first-order valence-corrected chi connectivity index (χ1v) is 7.48. The third-order valence-corrected chi connectivity index (χ3v) is 3.70. The smallest absolute Gasteiger partial charge is 0.255 e. The van der Waals surface area contributed by atoms with Gasteiger partial charge in [-0.15, -0.1) is 0 Å². The molecule has 2 aromatic heterocycles. The maximum atomic E-state index is 12.6. The molecule has 1 unspecified atom stereocenters. The van der Waals surface area contributed by atoms with Crippen LogP contribution in [-0.2, 0) is 0 Å². The van der Waals surface area contributed by atoms with E-state index in [0.717, 1.165) is 12.8 Å². The third-order valence-electron chi connectivity index (χ3n) is 3.70. The number of nitrogens with zero attached hydrogens (tertiary/aromatic N) is 4. The number of aromatic nitrogens is 3. The van der Waals surface area contributed by atoms with Crippen LogP contribution in [0.5, 0.6) is 11.8 Å². The Labute approximate surface area is 134 Å². The third kappa shape index (κ3) is 3.74. The Hall–Kier alpha value is -2.70. The molecule has 3 rings (SSSR count). The fraction of sp³-hybridized carbons (Fsp3) is 0.375. The van der Waals surface area contributed by atoms with Crippen LogP contribution in [0.15, 0.2) is 36.9 Å². The molecule has 0 spiro atoms. The van der Waals surface area contributed by atoms with Crippen molar-refractivity contribution in [3.63, 3.8) is 0 Å². The van der Waals surface area contributed by atoms with E-state index in [2.05, 4.69) is 15.0 Å². The number of amides is 1. The highest BCUT2D eigenvalue weighted by molar-refractivity contribution is 5.94. The van der Waals surface area contributed by atoms with Crippen molar-refractivity contribution in [3.8, 4) is 11.8 Å². The number of carbonyl (C=O) groups is 1. The number of likely N-dealkylation sites (tertiary alicyclic amines) is 1. The first-order chi connectivity index (χ1) is 11.3. The van der Waals surface area contributed by atoms with Gasteiger partial charge in [0.05, 0.1) is 19.2 Å². The summed E-state index contributed by atoms with van der Waals surface area (Å²) in [4.78, 5) is 26.4. The molecule has 0 bridgehead atoms. The predicted molar refractivity (Wildman–Crippen MR) is 82.4 cm³/mol. The van der Waals surface area contributed by atoms with Crippen molar-refractivity contribution < 1.29 is 14.3 Å². The lowest BCUT2D eigenvalue weighted by atomic mass is 10.1. The molecule has 1 aliphatic rings. The van der Waals surface area contributed by atoms with Gasteiger partial charge in [-0.2, -0.15) is 0 Å². The molecule has 120 valence electrons. The number of piperidine rings is 1. The van der Waals surface area contributed by atoms with Gasteiger partial charge in [0.15, 0.2) is 0 Å². The van der Waals surface area contributed by atoms with E-state index >= 15 is 0 Å². The summed E-state index contributed by atoms with van der Waals surface area (Å²) < 4.78 is 10.8. The molecule has 2 aromatic rings. The van der Waals surface area contributed by atoms with Crippen LogP contribution in [0.25, 0.3) is 0 Å². The van der Waals surface area contributed by atoms with E-state index in [9.17, 15) is 4.79 Å². The number of hydrogen-bond acceptors (Lipinski definition) is 6. The number of carbonyl (C=O) groups excluding carboxylic acids is 1. The van der Waals surface area contributed by atoms with Crippen LogP contribution >= 0.6 is 0 Å². The molecule has 0 aliphatic carbocycles. The van der Waals surface area contributed by atoms with Crippen molar-refractivity contribution in [2.24, 2.45) is 0 Å². The Bertz CT molecular complexity index is 648. The van der Waals surface area contributed by atoms with Crippen LogP contribution in [0.3, 0.4) is 0 Å². The van der Waals surface area contributed by atoms with E-state index in [-0.39, 0.29) is 12.0 Å². The maximum absolute atomic E-state index is 12.6.